The van der Waals surface area contributed by atoms with Gasteiger partial charge in [-0.2, -0.15) is 0 Å². The largest absolute Gasteiger partial charge is 0.493 e. The van der Waals surface area contributed by atoms with Crippen LogP contribution >= 0.6 is 0 Å². The van der Waals surface area contributed by atoms with Gasteiger partial charge in [0.2, 0.25) is 0 Å². The van der Waals surface area contributed by atoms with Crippen LogP contribution in [0, 0.1) is 0 Å². The zero-order valence-corrected chi connectivity index (χ0v) is 9.11. The van der Waals surface area contributed by atoms with Gasteiger partial charge in [-0.25, -0.2) is 0 Å². The lowest BCUT2D eigenvalue weighted by Gasteiger charge is -2.13. The van der Waals surface area contributed by atoms with E-state index in [1.807, 2.05) is 6.07 Å². The highest BCUT2D eigenvalue weighted by molar-refractivity contribution is 5.62. The molecule has 0 aromatic heterocycles. The van der Waals surface area contributed by atoms with Crippen molar-refractivity contribution in [3.8, 4) is 11.5 Å². The first-order valence-electron chi connectivity index (χ1n) is 4.61. The molecule has 1 rings (SSSR count). The first-order valence-corrected chi connectivity index (χ1v) is 4.61. The van der Waals surface area contributed by atoms with E-state index in [1.54, 1.807) is 33.4 Å². The summed E-state index contributed by atoms with van der Waals surface area (Å²) >= 11 is 0. The van der Waals surface area contributed by atoms with E-state index < -0.39 is 0 Å². The van der Waals surface area contributed by atoms with Crippen LogP contribution in [0.15, 0.2) is 18.2 Å². The molecule has 0 saturated carbocycles. The van der Waals surface area contributed by atoms with Crippen molar-refractivity contribution in [2.24, 2.45) is 0 Å². The third-order valence-electron chi connectivity index (χ3n) is 2.21. The van der Waals surface area contributed by atoms with Gasteiger partial charge in [-0.3, -0.25) is 0 Å². The van der Waals surface area contributed by atoms with Gasteiger partial charge in [-0.15, -0.1) is 0 Å². The van der Waals surface area contributed by atoms with Gasteiger partial charge >= 0.3 is 0 Å². The van der Waals surface area contributed by atoms with Crippen molar-refractivity contribution in [3.63, 3.8) is 0 Å². The average Bonchev–Trinajstić information content (AvgIpc) is 2.30. The van der Waals surface area contributed by atoms with Crippen molar-refractivity contribution in [2.75, 3.05) is 21.3 Å². The average molecular weight is 209 g/mol. The summed E-state index contributed by atoms with van der Waals surface area (Å²) in [7, 11) is 4.87. The number of methoxy groups -OCH3 is 2. The summed E-state index contributed by atoms with van der Waals surface area (Å²) in [6.45, 7) is 0. The molecule has 0 radical (unpaired) electrons. The number of ether oxygens (including phenoxy) is 2. The number of carbonyl (C=O) groups is 1. The number of benzene rings is 1. The minimum Gasteiger partial charge on any atom is -0.493 e. The van der Waals surface area contributed by atoms with Gasteiger partial charge in [0.25, 0.3) is 0 Å². The minimum atomic E-state index is -0.315. The van der Waals surface area contributed by atoms with Gasteiger partial charge in [-0.05, 0) is 24.7 Å². The zero-order valence-electron chi connectivity index (χ0n) is 9.11. The summed E-state index contributed by atoms with van der Waals surface area (Å²) in [4.78, 5) is 10.8. The first kappa shape index (κ1) is 11.5. The molecule has 4 nitrogen and oxygen atoms in total. The van der Waals surface area contributed by atoms with Gasteiger partial charge in [0.15, 0.2) is 11.5 Å². The van der Waals surface area contributed by atoms with E-state index in [0.717, 1.165) is 11.8 Å². The van der Waals surface area contributed by atoms with Crippen molar-refractivity contribution in [1.29, 1.82) is 0 Å². The van der Waals surface area contributed by atoms with Crippen LogP contribution in [0.2, 0.25) is 0 Å². The van der Waals surface area contributed by atoms with Crippen LogP contribution in [0.1, 0.15) is 11.6 Å². The molecule has 0 saturated heterocycles. The summed E-state index contributed by atoms with van der Waals surface area (Å²) in [5.41, 5.74) is 0.852. The number of aldehydes is 1. The lowest BCUT2D eigenvalue weighted by Crippen LogP contribution is -2.17. The fourth-order valence-corrected chi connectivity index (χ4v) is 1.36. The zero-order chi connectivity index (χ0) is 11.3. The molecule has 0 bridgehead atoms. The third-order valence-corrected chi connectivity index (χ3v) is 2.21. The maximum atomic E-state index is 10.8. The molecular formula is C11H15NO3. The van der Waals surface area contributed by atoms with Crippen LogP contribution in [0.5, 0.6) is 11.5 Å². The van der Waals surface area contributed by atoms with Crippen molar-refractivity contribution in [1.82, 2.24) is 5.32 Å². The molecular weight excluding hydrogens is 194 g/mol. The number of likely N-dealkylation sites (N-methyl/N-ethyl adjacent to an activating group) is 1. The highest BCUT2D eigenvalue weighted by atomic mass is 16.5. The van der Waals surface area contributed by atoms with Crippen molar-refractivity contribution in [2.45, 2.75) is 6.04 Å². The molecule has 1 N–H and O–H groups in total. The molecule has 0 aliphatic carbocycles. The van der Waals surface area contributed by atoms with Gasteiger partial charge in [0.1, 0.15) is 6.29 Å². The molecule has 0 aliphatic rings. The van der Waals surface area contributed by atoms with Gasteiger partial charge in [0, 0.05) is 0 Å². The van der Waals surface area contributed by atoms with Crippen LogP contribution in [-0.4, -0.2) is 27.6 Å². The fourth-order valence-electron chi connectivity index (χ4n) is 1.36. The van der Waals surface area contributed by atoms with E-state index in [9.17, 15) is 4.79 Å². The van der Waals surface area contributed by atoms with E-state index in [0.29, 0.717) is 11.5 Å². The predicted octanol–water partition coefficient (Wildman–Crippen LogP) is 1.16. The Bertz CT molecular complexity index is 339. The Hall–Kier alpha value is -1.55. The van der Waals surface area contributed by atoms with Crippen molar-refractivity contribution >= 4 is 6.29 Å². The summed E-state index contributed by atoms with van der Waals surface area (Å²) in [5.74, 6) is 1.28. The lowest BCUT2D eigenvalue weighted by molar-refractivity contribution is -0.109. The highest BCUT2D eigenvalue weighted by Crippen LogP contribution is 2.29. The summed E-state index contributed by atoms with van der Waals surface area (Å²) in [6.07, 6.45) is 0.848. The molecule has 0 spiro atoms. The van der Waals surface area contributed by atoms with Crippen molar-refractivity contribution < 1.29 is 14.3 Å². The molecule has 1 aromatic carbocycles. The summed E-state index contributed by atoms with van der Waals surface area (Å²) < 4.78 is 10.3. The third kappa shape index (κ3) is 2.47. The highest BCUT2D eigenvalue weighted by Gasteiger charge is 2.11. The first-order chi connectivity index (χ1) is 7.26. The normalized spacial score (nSPS) is 11.9. The van der Waals surface area contributed by atoms with Gasteiger partial charge < -0.3 is 19.6 Å². The number of carbonyl (C=O) groups excluding carboxylic acids is 1. The molecule has 15 heavy (non-hydrogen) atoms. The second-order valence-corrected chi connectivity index (χ2v) is 3.02. The quantitative estimate of drug-likeness (QED) is 0.739. The molecule has 1 unspecified atom stereocenters. The summed E-state index contributed by atoms with van der Waals surface area (Å²) in [5, 5.41) is 2.89. The number of rotatable bonds is 5. The second-order valence-electron chi connectivity index (χ2n) is 3.02. The van der Waals surface area contributed by atoms with Gasteiger partial charge in [-0.1, -0.05) is 6.07 Å². The van der Waals surface area contributed by atoms with Crippen LogP contribution in [-0.2, 0) is 4.79 Å². The molecule has 4 heteroatoms. The van der Waals surface area contributed by atoms with Crippen LogP contribution < -0.4 is 14.8 Å². The molecule has 0 fully saturated rings. The molecule has 0 amide bonds. The number of nitrogens with one attached hydrogen (secondary N) is 1. The van der Waals surface area contributed by atoms with E-state index in [4.69, 9.17) is 9.47 Å². The topological polar surface area (TPSA) is 47.6 Å². The molecule has 0 aliphatic heterocycles. The molecule has 82 valence electrons. The Morgan fingerprint density at radius 3 is 2.40 bits per heavy atom. The Labute approximate surface area is 89.2 Å². The van der Waals surface area contributed by atoms with Crippen LogP contribution in [0.3, 0.4) is 0 Å². The number of hydrogen-bond acceptors (Lipinski definition) is 4. The Balaban J connectivity index is 3.06. The Morgan fingerprint density at radius 1 is 1.27 bits per heavy atom. The van der Waals surface area contributed by atoms with Gasteiger partial charge in [0.05, 0.1) is 20.3 Å². The maximum absolute atomic E-state index is 10.8. The molecule has 0 heterocycles. The molecule has 1 atom stereocenters. The SMILES string of the molecule is CNC(C=O)c1ccc(OC)c(OC)c1. The van der Waals surface area contributed by atoms with E-state index in [-0.39, 0.29) is 6.04 Å². The van der Waals surface area contributed by atoms with Crippen LogP contribution in [0.25, 0.3) is 0 Å². The lowest BCUT2D eigenvalue weighted by atomic mass is 10.1. The van der Waals surface area contributed by atoms with E-state index in [2.05, 4.69) is 5.32 Å². The van der Waals surface area contributed by atoms with E-state index in [1.165, 1.54) is 0 Å². The smallest absolute Gasteiger partial charge is 0.161 e. The number of hydrogen-bond donors (Lipinski definition) is 1. The van der Waals surface area contributed by atoms with Crippen molar-refractivity contribution in [3.05, 3.63) is 23.8 Å². The standard InChI is InChI=1S/C11H15NO3/c1-12-9(7-13)8-4-5-10(14-2)11(6-8)15-3/h4-7,9,12H,1-3H3. The molecule has 1 aromatic rings. The Kier molecular flexibility index (Phi) is 4.12. The fraction of sp³-hybridized carbons (Fsp3) is 0.364. The Morgan fingerprint density at radius 2 is 1.93 bits per heavy atom. The maximum Gasteiger partial charge on any atom is 0.161 e. The predicted molar refractivity (Wildman–Crippen MR) is 57.4 cm³/mol. The monoisotopic (exact) mass is 209 g/mol. The van der Waals surface area contributed by atoms with E-state index >= 15 is 0 Å². The second kappa shape index (κ2) is 5.36. The minimum absolute atomic E-state index is 0.315. The van der Waals surface area contributed by atoms with Crippen LogP contribution in [0.4, 0.5) is 0 Å². The summed E-state index contributed by atoms with van der Waals surface area (Å²) in [6, 6.07) is 5.08.